The Morgan fingerprint density at radius 2 is 2.20 bits per heavy atom. The fourth-order valence-corrected chi connectivity index (χ4v) is 2.78. The molecular formula is C13H23NS. The summed E-state index contributed by atoms with van der Waals surface area (Å²) < 4.78 is 0. The molecule has 1 nitrogen and oxygen atoms in total. The molecule has 0 amide bonds. The first-order chi connectivity index (χ1) is 7.27. The molecule has 2 heteroatoms. The van der Waals surface area contributed by atoms with E-state index in [4.69, 9.17) is 0 Å². The maximum atomic E-state index is 3.58. The van der Waals surface area contributed by atoms with Crippen LogP contribution in [0.15, 0.2) is 16.8 Å². The third-order valence-corrected chi connectivity index (χ3v) is 3.52. The van der Waals surface area contributed by atoms with Gasteiger partial charge in [-0.3, -0.25) is 0 Å². The number of hydrogen-bond acceptors (Lipinski definition) is 2. The van der Waals surface area contributed by atoms with Crippen molar-refractivity contribution in [2.24, 2.45) is 5.92 Å². The highest BCUT2D eigenvalue weighted by Crippen LogP contribution is 2.25. The maximum absolute atomic E-state index is 3.58. The highest BCUT2D eigenvalue weighted by molar-refractivity contribution is 7.07. The predicted molar refractivity (Wildman–Crippen MR) is 69.4 cm³/mol. The second-order valence-electron chi connectivity index (χ2n) is 4.30. The summed E-state index contributed by atoms with van der Waals surface area (Å²) >= 11 is 1.79. The van der Waals surface area contributed by atoms with Crippen molar-refractivity contribution in [1.82, 2.24) is 5.32 Å². The van der Waals surface area contributed by atoms with E-state index in [2.05, 4.69) is 42.9 Å². The van der Waals surface area contributed by atoms with Crippen molar-refractivity contribution in [1.29, 1.82) is 0 Å². The van der Waals surface area contributed by atoms with Crippen LogP contribution in [0.3, 0.4) is 0 Å². The van der Waals surface area contributed by atoms with Gasteiger partial charge >= 0.3 is 0 Å². The van der Waals surface area contributed by atoms with Crippen LogP contribution in [0.25, 0.3) is 0 Å². The Bertz CT molecular complexity index is 243. The predicted octanol–water partition coefficient (Wildman–Crippen LogP) is 4.23. The molecular weight excluding hydrogens is 202 g/mol. The highest BCUT2D eigenvalue weighted by atomic mass is 32.1. The molecule has 0 aliphatic heterocycles. The van der Waals surface area contributed by atoms with Gasteiger partial charge in [0.05, 0.1) is 0 Å². The van der Waals surface area contributed by atoms with Crippen LogP contribution in [0, 0.1) is 5.92 Å². The molecule has 15 heavy (non-hydrogen) atoms. The van der Waals surface area contributed by atoms with Gasteiger partial charge in [0.1, 0.15) is 0 Å². The van der Waals surface area contributed by atoms with E-state index >= 15 is 0 Å². The van der Waals surface area contributed by atoms with Gasteiger partial charge in [-0.25, -0.2) is 0 Å². The lowest BCUT2D eigenvalue weighted by molar-refractivity contribution is 0.396. The summed E-state index contributed by atoms with van der Waals surface area (Å²) in [7, 11) is 0. The van der Waals surface area contributed by atoms with Crippen molar-refractivity contribution in [3.8, 4) is 0 Å². The standard InChI is InChI=1S/C13H23NS/c1-4-6-11(3)9-13(14-5-2)12-7-8-15-10-12/h7-8,10-11,13-14H,4-6,9H2,1-3H3. The van der Waals surface area contributed by atoms with Gasteiger partial charge in [0.25, 0.3) is 0 Å². The minimum atomic E-state index is 0.558. The molecule has 2 atom stereocenters. The SMILES string of the molecule is CCCC(C)CC(NCC)c1ccsc1. The van der Waals surface area contributed by atoms with E-state index in [1.54, 1.807) is 11.3 Å². The number of rotatable bonds is 7. The fourth-order valence-electron chi connectivity index (χ4n) is 2.07. The Kier molecular flexibility index (Phi) is 5.96. The molecule has 0 saturated carbocycles. The minimum Gasteiger partial charge on any atom is -0.310 e. The van der Waals surface area contributed by atoms with E-state index in [0.29, 0.717) is 6.04 Å². The summed E-state index contributed by atoms with van der Waals surface area (Å²) in [6, 6.07) is 2.80. The zero-order valence-corrected chi connectivity index (χ0v) is 10.9. The molecule has 0 radical (unpaired) electrons. The van der Waals surface area contributed by atoms with E-state index < -0.39 is 0 Å². The first kappa shape index (κ1) is 12.7. The lowest BCUT2D eigenvalue weighted by atomic mass is 9.94. The average Bonchev–Trinajstić information content (AvgIpc) is 2.70. The van der Waals surface area contributed by atoms with Gasteiger partial charge in [0.2, 0.25) is 0 Å². The van der Waals surface area contributed by atoms with E-state index in [9.17, 15) is 0 Å². The maximum Gasteiger partial charge on any atom is 0.0330 e. The lowest BCUT2D eigenvalue weighted by Gasteiger charge is -2.20. The fraction of sp³-hybridized carbons (Fsp3) is 0.692. The molecule has 0 bridgehead atoms. The largest absolute Gasteiger partial charge is 0.310 e. The van der Waals surface area contributed by atoms with Crippen LogP contribution >= 0.6 is 11.3 Å². The summed E-state index contributed by atoms with van der Waals surface area (Å²) in [6.07, 6.45) is 3.90. The molecule has 0 aliphatic carbocycles. The van der Waals surface area contributed by atoms with E-state index in [1.165, 1.54) is 24.8 Å². The van der Waals surface area contributed by atoms with Crippen LogP contribution in [0.2, 0.25) is 0 Å². The van der Waals surface area contributed by atoms with Crippen molar-refractivity contribution < 1.29 is 0 Å². The van der Waals surface area contributed by atoms with E-state index in [1.807, 2.05) is 0 Å². The minimum absolute atomic E-state index is 0.558. The highest BCUT2D eigenvalue weighted by Gasteiger charge is 2.13. The monoisotopic (exact) mass is 225 g/mol. The van der Waals surface area contributed by atoms with Gasteiger partial charge in [-0.05, 0) is 41.3 Å². The summed E-state index contributed by atoms with van der Waals surface area (Å²) in [5.74, 6) is 0.818. The van der Waals surface area contributed by atoms with Crippen molar-refractivity contribution in [3.63, 3.8) is 0 Å². The van der Waals surface area contributed by atoms with Gasteiger partial charge < -0.3 is 5.32 Å². The van der Waals surface area contributed by atoms with Crippen LogP contribution in [-0.2, 0) is 0 Å². The lowest BCUT2D eigenvalue weighted by Crippen LogP contribution is -2.22. The summed E-state index contributed by atoms with van der Waals surface area (Å²) in [5, 5.41) is 8.02. The van der Waals surface area contributed by atoms with Crippen LogP contribution in [-0.4, -0.2) is 6.54 Å². The van der Waals surface area contributed by atoms with E-state index in [-0.39, 0.29) is 0 Å². The van der Waals surface area contributed by atoms with Gasteiger partial charge in [-0.2, -0.15) is 11.3 Å². The van der Waals surface area contributed by atoms with E-state index in [0.717, 1.165) is 12.5 Å². The van der Waals surface area contributed by atoms with Crippen molar-refractivity contribution in [3.05, 3.63) is 22.4 Å². The topological polar surface area (TPSA) is 12.0 Å². The zero-order valence-electron chi connectivity index (χ0n) is 10.1. The van der Waals surface area contributed by atoms with Crippen LogP contribution < -0.4 is 5.32 Å². The molecule has 1 rings (SSSR count). The van der Waals surface area contributed by atoms with Crippen molar-refractivity contribution in [2.45, 2.75) is 46.1 Å². The molecule has 1 N–H and O–H groups in total. The molecule has 1 aromatic rings. The molecule has 1 heterocycles. The Morgan fingerprint density at radius 1 is 1.40 bits per heavy atom. The zero-order chi connectivity index (χ0) is 11.1. The second-order valence-corrected chi connectivity index (χ2v) is 5.08. The Hall–Kier alpha value is -0.340. The third kappa shape index (κ3) is 4.35. The van der Waals surface area contributed by atoms with Crippen molar-refractivity contribution in [2.75, 3.05) is 6.54 Å². The van der Waals surface area contributed by atoms with Gasteiger partial charge in [-0.15, -0.1) is 0 Å². The summed E-state index contributed by atoms with van der Waals surface area (Å²) in [6.45, 7) is 7.87. The van der Waals surface area contributed by atoms with Crippen LogP contribution in [0.4, 0.5) is 0 Å². The van der Waals surface area contributed by atoms with Gasteiger partial charge in [0, 0.05) is 6.04 Å². The molecule has 0 aliphatic rings. The third-order valence-electron chi connectivity index (χ3n) is 2.82. The van der Waals surface area contributed by atoms with Crippen LogP contribution in [0.1, 0.15) is 51.6 Å². The van der Waals surface area contributed by atoms with Crippen molar-refractivity contribution >= 4 is 11.3 Å². The number of thiophene rings is 1. The normalized spacial score (nSPS) is 15.1. The molecule has 0 fully saturated rings. The smallest absolute Gasteiger partial charge is 0.0330 e. The Balaban J connectivity index is 2.51. The van der Waals surface area contributed by atoms with Gasteiger partial charge in [-0.1, -0.05) is 33.6 Å². The first-order valence-corrected chi connectivity index (χ1v) is 6.97. The number of hydrogen-bond donors (Lipinski definition) is 1. The molecule has 0 saturated heterocycles. The van der Waals surface area contributed by atoms with Crippen LogP contribution in [0.5, 0.6) is 0 Å². The summed E-state index contributed by atoms with van der Waals surface area (Å²) in [4.78, 5) is 0. The number of nitrogens with one attached hydrogen (secondary N) is 1. The van der Waals surface area contributed by atoms with Gasteiger partial charge in [0.15, 0.2) is 0 Å². The average molecular weight is 225 g/mol. The second kappa shape index (κ2) is 7.02. The molecule has 1 aromatic heterocycles. The first-order valence-electron chi connectivity index (χ1n) is 6.03. The molecule has 86 valence electrons. The molecule has 0 aromatic carbocycles. The Labute approximate surface area is 97.9 Å². The quantitative estimate of drug-likeness (QED) is 0.732. The Morgan fingerprint density at radius 3 is 2.73 bits per heavy atom. The molecule has 0 spiro atoms. The summed E-state index contributed by atoms with van der Waals surface area (Å²) in [5.41, 5.74) is 1.46. The molecule has 2 unspecified atom stereocenters.